The summed E-state index contributed by atoms with van der Waals surface area (Å²) in [6, 6.07) is 7.22. The number of aromatic nitrogens is 1. The van der Waals surface area contributed by atoms with E-state index >= 15 is 0 Å². The van der Waals surface area contributed by atoms with E-state index in [0.717, 1.165) is 12.1 Å². The molecular weight excluding hydrogens is 351 g/mol. The summed E-state index contributed by atoms with van der Waals surface area (Å²) in [4.78, 5) is 15.8. The lowest BCUT2D eigenvalue weighted by molar-refractivity contribution is -0.137. The zero-order valence-corrected chi connectivity index (χ0v) is 12.8. The molecule has 0 aliphatic carbocycles. The standard InChI is InChI=1S/C15H11F5N2OS/c16-14(17)24-13-11(5-2-6-21-13)12(23)22-8-9-3-1-4-10(7-9)15(18,19)20/h1-7,14H,8H2,(H,22,23). The summed E-state index contributed by atoms with van der Waals surface area (Å²) in [7, 11) is 0. The van der Waals surface area contributed by atoms with Crippen LogP contribution in [0.25, 0.3) is 0 Å². The predicted octanol–water partition coefficient (Wildman–Crippen LogP) is 4.35. The highest BCUT2D eigenvalue weighted by Crippen LogP contribution is 2.29. The first-order chi connectivity index (χ1) is 11.3. The Morgan fingerprint density at radius 1 is 1.21 bits per heavy atom. The summed E-state index contributed by atoms with van der Waals surface area (Å²) in [5.41, 5.74) is -0.649. The number of nitrogens with one attached hydrogen (secondary N) is 1. The maximum atomic E-state index is 12.6. The summed E-state index contributed by atoms with van der Waals surface area (Å²) in [5, 5.41) is 2.26. The number of halogens is 5. The van der Waals surface area contributed by atoms with E-state index in [1.54, 1.807) is 0 Å². The number of carbonyl (C=O) groups excluding carboxylic acids is 1. The first-order valence-corrected chi connectivity index (χ1v) is 7.49. The summed E-state index contributed by atoms with van der Waals surface area (Å²) >= 11 is 0.127. The van der Waals surface area contributed by atoms with E-state index < -0.39 is 23.4 Å². The zero-order valence-electron chi connectivity index (χ0n) is 12.0. The van der Waals surface area contributed by atoms with Crippen LogP contribution in [0.3, 0.4) is 0 Å². The van der Waals surface area contributed by atoms with Gasteiger partial charge in [0.05, 0.1) is 11.1 Å². The molecule has 128 valence electrons. The van der Waals surface area contributed by atoms with Crippen LogP contribution in [-0.4, -0.2) is 16.6 Å². The fraction of sp³-hybridized carbons (Fsp3) is 0.200. The lowest BCUT2D eigenvalue weighted by Gasteiger charge is -2.11. The molecule has 24 heavy (non-hydrogen) atoms. The number of hydrogen-bond acceptors (Lipinski definition) is 3. The van der Waals surface area contributed by atoms with Gasteiger partial charge in [-0.15, -0.1) is 0 Å². The SMILES string of the molecule is O=C(NCc1cccc(C(F)(F)F)c1)c1cccnc1SC(F)F. The molecule has 1 heterocycles. The Bertz CT molecular complexity index is 721. The number of hydrogen-bond donors (Lipinski definition) is 1. The van der Waals surface area contributed by atoms with Crippen LogP contribution in [0.2, 0.25) is 0 Å². The van der Waals surface area contributed by atoms with Crippen LogP contribution < -0.4 is 5.32 Å². The second-order valence-electron chi connectivity index (χ2n) is 4.62. The van der Waals surface area contributed by atoms with Gasteiger partial charge in [-0.05, 0) is 41.6 Å². The zero-order chi connectivity index (χ0) is 17.7. The molecule has 1 N–H and O–H groups in total. The van der Waals surface area contributed by atoms with Crippen LogP contribution in [0.1, 0.15) is 21.5 Å². The molecule has 2 rings (SSSR count). The van der Waals surface area contributed by atoms with Crippen molar-refractivity contribution in [2.24, 2.45) is 0 Å². The number of benzene rings is 1. The van der Waals surface area contributed by atoms with Crippen molar-refractivity contribution < 1.29 is 26.7 Å². The van der Waals surface area contributed by atoms with Crippen LogP contribution in [0.4, 0.5) is 22.0 Å². The van der Waals surface area contributed by atoms with Gasteiger partial charge in [-0.1, -0.05) is 12.1 Å². The molecule has 0 aliphatic rings. The minimum Gasteiger partial charge on any atom is -0.348 e. The monoisotopic (exact) mass is 362 g/mol. The highest BCUT2D eigenvalue weighted by molar-refractivity contribution is 7.99. The summed E-state index contributed by atoms with van der Waals surface area (Å²) in [6.07, 6.45) is -3.21. The number of nitrogens with zero attached hydrogens (tertiary/aromatic N) is 1. The minimum absolute atomic E-state index is 0.0604. The smallest absolute Gasteiger partial charge is 0.348 e. The number of rotatable bonds is 5. The second kappa shape index (κ2) is 7.61. The Morgan fingerprint density at radius 2 is 1.96 bits per heavy atom. The third kappa shape index (κ3) is 4.92. The van der Waals surface area contributed by atoms with E-state index in [4.69, 9.17) is 0 Å². The van der Waals surface area contributed by atoms with E-state index in [9.17, 15) is 26.7 Å². The average molecular weight is 362 g/mol. The highest BCUT2D eigenvalue weighted by atomic mass is 32.2. The van der Waals surface area contributed by atoms with Crippen molar-refractivity contribution in [1.29, 1.82) is 0 Å². The van der Waals surface area contributed by atoms with Gasteiger partial charge in [0.2, 0.25) is 0 Å². The third-order valence-corrected chi connectivity index (χ3v) is 3.65. The topological polar surface area (TPSA) is 42.0 Å². The summed E-state index contributed by atoms with van der Waals surface area (Å²) in [6.45, 7) is -0.170. The van der Waals surface area contributed by atoms with Gasteiger partial charge in [-0.25, -0.2) is 4.98 Å². The Kier molecular flexibility index (Phi) is 5.76. The quantitative estimate of drug-likeness (QED) is 0.635. The van der Waals surface area contributed by atoms with Crippen LogP contribution in [0.15, 0.2) is 47.6 Å². The molecule has 1 amide bonds. The van der Waals surface area contributed by atoms with Crippen LogP contribution in [-0.2, 0) is 12.7 Å². The normalized spacial score (nSPS) is 11.6. The Morgan fingerprint density at radius 3 is 2.62 bits per heavy atom. The largest absolute Gasteiger partial charge is 0.416 e. The number of amides is 1. The van der Waals surface area contributed by atoms with Crippen LogP contribution in [0, 0.1) is 0 Å². The number of thioether (sulfide) groups is 1. The molecule has 3 nitrogen and oxygen atoms in total. The molecule has 0 spiro atoms. The van der Waals surface area contributed by atoms with E-state index in [2.05, 4.69) is 10.3 Å². The molecule has 0 atom stereocenters. The molecule has 0 saturated carbocycles. The maximum absolute atomic E-state index is 12.6. The van der Waals surface area contributed by atoms with E-state index in [1.165, 1.54) is 30.5 Å². The average Bonchev–Trinajstić information content (AvgIpc) is 2.52. The number of alkyl halides is 5. The second-order valence-corrected chi connectivity index (χ2v) is 5.59. The van der Waals surface area contributed by atoms with Crippen LogP contribution >= 0.6 is 11.8 Å². The molecule has 0 bridgehead atoms. The molecule has 1 aromatic carbocycles. The molecule has 2 aromatic rings. The summed E-state index contributed by atoms with van der Waals surface area (Å²) in [5.74, 6) is -3.43. The van der Waals surface area contributed by atoms with Gasteiger partial charge in [-0.2, -0.15) is 22.0 Å². The van der Waals surface area contributed by atoms with Gasteiger partial charge < -0.3 is 5.32 Å². The van der Waals surface area contributed by atoms with Gasteiger partial charge in [0.15, 0.2) is 0 Å². The molecular formula is C15H11F5N2OS. The summed E-state index contributed by atoms with van der Waals surface area (Å²) < 4.78 is 62.8. The maximum Gasteiger partial charge on any atom is 0.416 e. The van der Waals surface area contributed by atoms with Crippen molar-refractivity contribution in [3.05, 3.63) is 59.3 Å². The van der Waals surface area contributed by atoms with Crippen molar-refractivity contribution in [3.8, 4) is 0 Å². The fourth-order valence-corrected chi connectivity index (χ4v) is 2.46. The van der Waals surface area contributed by atoms with Gasteiger partial charge >= 0.3 is 6.18 Å². The van der Waals surface area contributed by atoms with Crippen molar-refractivity contribution in [2.75, 3.05) is 0 Å². The Balaban J connectivity index is 2.09. The first kappa shape index (κ1) is 18.2. The minimum atomic E-state index is -4.48. The van der Waals surface area contributed by atoms with E-state index in [0.29, 0.717) is 0 Å². The number of carbonyl (C=O) groups is 1. The van der Waals surface area contributed by atoms with Gasteiger partial charge in [-0.3, -0.25) is 4.79 Å². The Hall–Kier alpha value is -2.16. The van der Waals surface area contributed by atoms with Crippen molar-refractivity contribution in [1.82, 2.24) is 10.3 Å². The molecule has 0 fully saturated rings. The van der Waals surface area contributed by atoms with E-state index in [-0.39, 0.29) is 34.5 Å². The van der Waals surface area contributed by atoms with Gasteiger partial charge in [0.25, 0.3) is 11.7 Å². The lowest BCUT2D eigenvalue weighted by atomic mass is 10.1. The van der Waals surface area contributed by atoms with Crippen molar-refractivity contribution in [2.45, 2.75) is 23.5 Å². The highest BCUT2D eigenvalue weighted by Gasteiger charge is 2.30. The molecule has 9 heteroatoms. The first-order valence-electron chi connectivity index (χ1n) is 6.61. The van der Waals surface area contributed by atoms with Crippen molar-refractivity contribution in [3.63, 3.8) is 0 Å². The van der Waals surface area contributed by atoms with Crippen molar-refractivity contribution >= 4 is 17.7 Å². The third-order valence-electron chi connectivity index (χ3n) is 2.92. The van der Waals surface area contributed by atoms with Crippen LogP contribution in [0.5, 0.6) is 0 Å². The van der Waals surface area contributed by atoms with Gasteiger partial charge in [0, 0.05) is 12.7 Å². The fourth-order valence-electron chi connectivity index (χ4n) is 1.88. The lowest BCUT2D eigenvalue weighted by Crippen LogP contribution is -2.24. The molecule has 0 unspecified atom stereocenters. The molecule has 0 saturated heterocycles. The number of pyridine rings is 1. The van der Waals surface area contributed by atoms with Gasteiger partial charge in [0.1, 0.15) is 5.03 Å². The molecule has 0 radical (unpaired) electrons. The predicted molar refractivity (Wildman–Crippen MR) is 78.7 cm³/mol. The van der Waals surface area contributed by atoms with E-state index in [1.807, 2.05) is 0 Å². The Labute approximate surface area is 138 Å². The molecule has 0 aliphatic heterocycles. The molecule has 1 aromatic heterocycles.